The monoisotopic (exact) mass is 245 g/mol. The largest absolute Gasteiger partial charge is 0.311 e. The number of hydrogen-bond acceptors (Lipinski definition) is 2. The highest BCUT2D eigenvalue weighted by molar-refractivity contribution is 7.85. The summed E-state index contributed by atoms with van der Waals surface area (Å²) in [5.41, 5.74) is 0. The van der Waals surface area contributed by atoms with Crippen molar-refractivity contribution in [3.8, 4) is 0 Å². The molecule has 0 bridgehead atoms. The summed E-state index contributed by atoms with van der Waals surface area (Å²) >= 11 is 0. The molecule has 3 heteroatoms. The van der Waals surface area contributed by atoms with Gasteiger partial charge in [-0.25, -0.2) is 0 Å². The van der Waals surface area contributed by atoms with E-state index in [-0.39, 0.29) is 0 Å². The van der Waals surface area contributed by atoms with E-state index in [2.05, 4.69) is 26.1 Å². The van der Waals surface area contributed by atoms with Gasteiger partial charge in [0.2, 0.25) is 0 Å². The quantitative estimate of drug-likeness (QED) is 0.807. The predicted molar refractivity (Wildman–Crippen MR) is 72.2 cm³/mol. The minimum Gasteiger partial charge on any atom is -0.311 e. The van der Waals surface area contributed by atoms with Crippen LogP contribution in [0.25, 0.3) is 0 Å². The molecule has 0 spiro atoms. The van der Waals surface area contributed by atoms with Crippen LogP contribution in [-0.4, -0.2) is 27.3 Å². The lowest BCUT2D eigenvalue weighted by molar-refractivity contribution is 0.312. The Labute approximate surface area is 103 Å². The summed E-state index contributed by atoms with van der Waals surface area (Å²) in [7, 11) is -0.600. The summed E-state index contributed by atoms with van der Waals surface area (Å²) in [4.78, 5) is 0. The Morgan fingerprint density at radius 2 is 2.00 bits per heavy atom. The second kappa shape index (κ2) is 6.75. The van der Waals surface area contributed by atoms with Crippen LogP contribution in [0.5, 0.6) is 0 Å². The third-order valence-electron chi connectivity index (χ3n) is 3.78. The van der Waals surface area contributed by atoms with Crippen molar-refractivity contribution in [1.29, 1.82) is 0 Å². The normalized spacial score (nSPS) is 30.3. The maximum atomic E-state index is 11.8. The summed E-state index contributed by atoms with van der Waals surface area (Å²) in [6.45, 7) is 8.79. The number of hydrogen-bond donors (Lipinski definition) is 1. The van der Waals surface area contributed by atoms with Gasteiger partial charge in [0.1, 0.15) is 0 Å². The second-order valence-electron chi connectivity index (χ2n) is 5.35. The number of nitrogens with one attached hydrogen (secondary N) is 1. The predicted octanol–water partition coefficient (Wildman–Crippen LogP) is 2.70. The molecule has 0 amide bonds. The molecule has 2 nitrogen and oxygen atoms in total. The van der Waals surface area contributed by atoms with E-state index in [4.69, 9.17) is 0 Å². The van der Waals surface area contributed by atoms with Gasteiger partial charge in [0.25, 0.3) is 0 Å². The van der Waals surface area contributed by atoms with Crippen molar-refractivity contribution in [3.05, 3.63) is 0 Å². The van der Waals surface area contributed by atoms with Gasteiger partial charge in [-0.2, -0.15) is 0 Å². The Balaban J connectivity index is 2.41. The first-order valence-electron chi connectivity index (χ1n) is 6.67. The van der Waals surface area contributed by atoms with Crippen LogP contribution in [0.2, 0.25) is 0 Å². The maximum Gasteiger partial charge on any atom is 0.0362 e. The summed E-state index contributed by atoms with van der Waals surface area (Å²) in [5, 5.41) is 4.13. The lowest BCUT2D eigenvalue weighted by Gasteiger charge is -2.32. The Morgan fingerprint density at radius 1 is 1.31 bits per heavy atom. The molecule has 0 aromatic carbocycles. The standard InChI is InChI=1S/C13H27NOS/c1-5-16(15)13-8-6-7-12(9-13)14-11(4)10(2)3/h10-14H,5-9H2,1-4H3. The molecule has 1 N–H and O–H groups in total. The van der Waals surface area contributed by atoms with Crippen molar-refractivity contribution in [2.24, 2.45) is 5.92 Å². The molecule has 1 fully saturated rings. The third-order valence-corrected chi connectivity index (χ3v) is 5.52. The topological polar surface area (TPSA) is 29.1 Å². The van der Waals surface area contributed by atoms with Crippen LogP contribution in [-0.2, 0) is 10.8 Å². The Bertz CT molecular complexity index is 230. The van der Waals surface area contributed by atoms with Gasteiger partial charge in [-0.3, -0.25) is 4.21 Å². The van der Waals surface area contributed by atoms with Gasteiger partial charge in [-0.05, 0) is 32.1 Å². The Morgan fingerprint density at radius 3 is 2.56 bits per heavy atom. The van der Waals surface area contributed by atoms with Gasteiger partial charge in [0, 0.05) is 33.9 Å². The summed E-state index contributed by atoms with van der Waals surface area (Å²) in [6, 6.07) is 1.16. The van der Waals surface area contributed by atoms with E-state index < -0.39 is 10.8 Å². The molecule has 1 saturated carbocycles. The van der Waals surface area contributed by atoms with Crippen LogP contribution in [0.15, 0.2) is 0 Å². The van der Waals surface area contributed by atoms with Crippen molar-refractivity contribution >= 4 is 10.8 Å². The first-order valence-corrected chi connectivity index (χ1v) is 8.06. The van der Waals surface area contributed by atoms with E-state index in [0.29, 0.717) is 23.3 Å². The van der Waals surface area contributed by atoms with Gasteiger partial charge in [0.05, 0.1) is 0 Å². The van der Waals surface area contributed by atoms with Crippen LogP contribution in [0.3, 0.4) is 0 Å². The lowest BCUT2D eigenvalue weighted by atomic mass is 9.93. The molecular weight excluding hydrogens is 218 g/mol. The summed E-state index contributed by atoms with van der Waals surface area (Å²) in [5.74, 6) is 1.49. The van der Waals surface area contributed by atoms with Crippen LogP contribution < -0.4 is 5.32 Å². The molecule has 4 atom stereocenters. The third kappa shape index (κ3) is 4.17. The van der Waals surface area contributed by atoms with E-state index in [1.165, 1.54) is 12.8 Å². The highest BCUT2D eigenvalue weighted by atomic mass is 32.2. The first kappa shape index (κ1) is 14.2. The second-order valence-corrected chi connectivity index (χ2v) is 7.36. The van der Waals surface area contributed by atoms with Crippen LogP contribution in [0, 0.1) is 5.92 Å². The Hall–Kier alpha value is 0.110. The van der Waals surface area contributed by atoms with Crippen molar-refractivity contribution in [2.45, 2.75) is 70.7 Å². The number of rotatable bonds is 5. The van der Waals surface area contributed by atoms with Crippen LogP contribution in [0.1, 0.15) is 53.4 Å². The SMILES string of the molecule is CCS(=O)C1CCCC(NC(C)C(C)C)C1. The van der Waals surface area contributed by atoms with E-state index in [9.17, 15) is 4.21 Å². The smallest absolute Gasteiger partial charge is 0.0362 e. The molecule has 0 heterocycles. The lowest BCUT2D eigenvalue weighted by Crippen LogP contribution is -2.44. The van der Waals surface area contributed by atoms with Crippen molar-refractivity contribution in [2.75, 3.05) is 5.75 Å². The van der Waals surface area contributed by atoms with Gasteiger partial charge >= 0.3 is 0 Å². The van der Waals surface area contributed by atoms with Crippen molar-refractivity contribution in [3.63, 3.8) is 0 Å². The molecule has 4 unspecified atom stereocenters. The molecule has 0 saturated heterocycles. The first-order chi connectivity index (χ1) is 7.54. The van der Waals surface area contributed by atoms with Crippen LogP contribution >= 0.6 is 0 Å². The summed E-state index contributed by atoms with van der Waals surface area (Å²) in [6.07, 6.45) is 4.76. The zero-order valence-corrected chi connectivity index (χ0v) is 12.0. The van der Waals surface area contributed by atoms with Gasteiger partial charge in [0.15, 0.2) is 0 Å². The van der Waals surface area contributed by atoms with E-state index >= 15 is 0 Å². The zero-order chi connectivity index (χ0) is 12.1. The maximum absolute atomic E-state index is 11.8. The average Bonchev–Trinajstić information content (AvgIpc) is 2.28. The molecule has 1 aliphatic rings. The van der Waals surface area contributed by atoms with E-state index in [0.717, 1.165) is 18.6 Å². The summed E-state index contributed by atoms with van der Waals surface area (Å²) < 4.78 is 11.8. The van der Waals surface area contributed by atoms with Crippen molar-refractivity contribution in [1.82, 2.24) is 5.32 Å². The van der Waals surface area contributed by atoms with E-state index in [1.54, 1.807) is 0 Å². The van der Waals surface area contributed by atoms with E-state index in [1.807, 2.05) is 6.92 Å². The molecule has 0 radical (unpaired) electrons. The molecule has 16 heavy (non-hydrogen) atoms. The fraction of sp³-hybridized carbons (Fsp3) is 1.00. The molecule has 1 aliphatic carbocycles. The zero-order valence-electron chi connectivity index (χ0n) is 11.2. The highest BCUT2D eigenvalue weighted by Gasteiger charge is 2.26. The molecule has 96 valence electrons. The van der Waals surface area contributed by atoms with Gasteiger partial charge in [-0.15, -0.1) is 0 Å². The molecule has 0 aromatic rings. The fourth-order valence-electron chi connectivity index (χ4n) is 2.34. The molecule has 0 aliphatic heterocycles. The molecule has 0 aromatic heterocycles. The highest BCUT2D eigenvalue weighted by Crippen LogP contribution is 2.23. The van der Waals surface area contributed by atoms with Gasteiger partial charge < -0.3 is 5.32 Å². The minimum atomic E-state index is -0.600. The molecule has 1 rings (SSSR count). The Kier molecular flexibility index (Phi) is 5.98. The fourth-order valence-corrected chi connectivity index (χ4v) is 3.68. The van der Waals surface area contributed by atoms with Crippen molar-refractivity contribution < 1.29 is 4.21 Å². The average molecular weight is 245 g/mol. The molecular formula is C13H27NOS. The van der Waals surface area contributed by atoms with Gasteiger partial charge in [-0.1, -0.05) is 27.2 Å². The minimum absolute atomic E-state index is 0.440. The van der Waals surface area contributed by atoms with Crippen LogP contribution in [0.4, 0.5) is 0 Å².